The van der Waals surface area contributed by atoms with Crippen LogP contribution in [0.5, 0.6) is 5.75 Å². The number of amides is 1. The molecule has 7 rings (SSSR count). The number of benzene rings is 2. The molecule has 2 aromatic carbocycles. The summed E-state index contributed by atoms with van der Waals surface area (Å²) in [6.45, 7) is 13.4. The van der Waals surface area contributed by atoms with Crippen molar-refractivity contribution in [2.24, 2.45) is 0 Å². The van der Waals surface area contributed by atoms with Crippen molar-refractivity contribution < 1.29 is 9.53 Å². The Hall–Kier alpha value is -4.70. The lowest BCUT2D eigenvalue weighted by atomic mass is 9.95. The number of aryl methyl sites for hydroxylation is 2. The first-order valence-electron chi connectivity index (χ1n) is 14.7. The number of aromatic nitrogens is 5. The Kier molecular flexibility index (Phi) is 6.69. The van der Waals surface area contributed by atoms with Gasteiger partial charge in [-0.05, 0) is 60.7 Å². The molecule has 2 aliphatic rings. The van der Waals surface area contributed by atoms with Gasteiger partial charge in [0.25, 0.3) is 0 Å². The van der Waals surface area contributed by atoms with E-state index in [2.05, 4.69) is 35.5 Å². The van der Waals surface area contributed by atoms with Crippen LogP contribution in [0.2, 0.25) is 5.02 Å². The third-order valence-corrected chi connectivity index (χ3v) is 9.12. The SMILES string of the molecule is C=CC(=O)N1CCN2c3nc(=O)n(-c4c(C)ccnc4C(C)C)c4cc(-c5c(C)ccc6[nH]ncc56)c(Cl)c(c34)OC[C@H]2C1. The number of carbonyl (C=O) groups is 1. The summed E-state index contributed by atoms with van der Waals surface area (Å²) >= 11 is 7.31. The molecular weight excluding hydrogens is 578 g/mol. The van der Waals surface area contributed by atoms with E-state index in [9.17, 15) is 9.59 Å². The van der Waals surface area contributed by atoms with Gasteiger partial charge in [-0.15, -0.1) is 0 Å². The van der Waals surface area contributed by atoms with Crippen molar-refractivity contribution in [3.05, 3.63) is 81.6 Å². The molecule has 0 spiro atoms. The van der Waals surface area contributed by atoms with E-state index in [1.54, 1.807) is 21.9 Å². The molecule has 3 aromatic heterocycles. The van der Waals surface area contributed by atoms with Gasteiger partial charge < -0.3 is 14.5 Å². The van der Waals surface area contributed by atoms with Crippen LogP contribution in [-0.4, -0.2) is 67.8 Å². The fraction of sp³-hybridized carbons (Fsp3) is 0.303. The number of fused-ring (bicyclic) bond motifs is 3. The van der Waals surface area contributed by atoms with Gasteiger partial charge in [-0.3, -0.25) is 19.4 Å². The van der Waals surface area contributed by atoms with E-state index in [1.165, 1.54) is 6.08 Å². The monoisotopic (exact) mass is 609 g/mol. The van der Waals surface area contributed by atoms with Gasteiger partial charge in [0.1, 0.15) is 12.4 Å². The van der Waals surface area contributed by atoms with Crippen molar-refractivity contribution >= 4 is 45.1 Å². The molecule has 0 aliphatic carbocycles. The molecule has 0 unspecified atom stereocenters. The predicted octanol–water partition coefficient (Wildman–Crippen LogP) is 5.31. The smallest absolute Gasteiger partial charge is 0.354 e. The number of nitrogens with one attached hydrogen (secondary N) is 1. The molecule has 1 saturated heterocycles. The lowest BCUT2D eigenvalue weighted by Gasteiger charge is -2.40. The molecule has 1 atom stereocenters. The van der Waals surface area contributed by atoms with Crippen LogP contribution in [0.25, 0.3) is 38.6 Å². The molecule has 5 heterocycles. The van der Waals surface area contributed by atoms with E-state index >= 15 is 0 Å². The molecule has 2 aliphatic heterocycles. The average molecular weight is 610 g/mol. The fourth-order valence-electron chi connectivity index (χ4n) is 6.61. The number of aromatic amines is 1. The third kappa shape index (κ3) is 4.19. The Bertz CT molecular complexity index is 2060. The number of halogens is 1. The number of hydrogen-bond donors (Lipinski definition) is 1. The van der Waals surface area contributed by atoms with Gasteiger partial charge in [-0.1, -0.05) is 38.1 Å². The first kappa shape index (κ1) is 28.1. The molecule has 0 saturated carbocycles. The maximum atomic E-state index is 14.3. The number of piperazine rings is 1. The number of H-pyrrole nitrogens is 1. The summed E-state index contributed by atoms with van der Waals surface area (Å²) in [7, 11) is 0. The van der Waals surface area contributed by atoms with Crippen LogP contribution < -0.4 is 15.3 Å². The Morgan fingerprint density at radius 3 is 2.80 bits per heavy atom. The van der Waals surface area contributed by atoms with Crippen molar-refractivity contribution in [3.63, 3.8) is 0 Å². The zero-order valence-corrected chi connectivity index (χ0v) is 25.8. The number of rotatable bonds is 4. The summed E-state index contributed by atoms with van der Waals surface area (Å²) in [5.41, 5.74) is 6.09. The van der Waals surface area contributed by atoms with Gasteiger partial charge in [0, 0.05) is 36.8 Å². The summed E-state index contributed by atoms with van der Waals surface area (Å²) in [4.78, 5) is 40.0. The molecule has 11 heteroatoms. The Morgan fingerprint density at radius 2 is 2.02 bits per heavy atom. The second-order valence-electron chi connectivity index (χ2n) is 11.8. The average Bonchev–Trinajstić information content (AvgIpc) is 3.42. The van der Waals surface area contributed by atoms with E-state index in [1.807, 2.05) is 38.1 Å². The van der Waals surface area contributed by atoms with Crippen molar-refractivity contribution in [3.8, 4) is 22.6 Å². The normalized spacial score (nSPS) is 16.3. The number of carbonyl (C=O) groups excluding carboxylic acids is 1. The molecule has 1 fully saturated rings. The van der Waals surface area contributed by atoms with Crippen LogP contribution in [0.1, 0.15) is 36.6 Å². The highest BCUT2D eigenvalue weighted by molar-refractivity contribution is 6.37. The molecular formula is C33H32ClN7O3. The minimum Gasteiger partial charge on any atom is -0.489 e. The van der Waals surface area contributed by atoms with Gasteiger partial charge in [0.05, 0.1) is 45.1 Å². The molecule has 224 valence electrons. The van der Waals surface area contributed by atoms with E-state index < -0.39 is 5.69 Å². The van der Waals surface area contributed by atoms with E-state index in [-0.39, 0.29) is 24.5 Å². The molecule has 0 bridgehead atoms. The van der Waals surface area contributed by atoms with Crippen molar-refractivity contribution in [2.45, 2.75) is 39.7 Å². The quantitative estimate of drug-likeness (QED) is 0.275. The van der Waals surface area contributed by atoms with Crippen LogP contribution in [-0.2, 0) is 4.79 Å². The first-order chi connectivity index (χ1) is 21.2. The first-order valence-corrected chi connectivity index (χ1v) is 15.1. The summed E-state index contributed by atoms with van der Waals surface area (Å²) < 4.78 is 8.24. The van der Waals surface area contributed by atoms with Crippen LogP contribution in [0, 0.1) is 13.8 Å². The lowest BCUT2D eigenvalue weighted by Crippen LogP contribution is -2.56. The summed E-state index contributed by atoms with van der Waals surface area (Å²) in [6, 6.07) is 7.65. The molecule has 1 N–H and O–H groups in total. The van der Waals surface area contributed by atoms with Crippen LogP contribution in [0.4, 0.5) is 5.82 Å². The molecule has 1 amide bonds. The summed E-state index contributed by atoms with van der Waals surface area (Å²) in [5.74, 6) is 0.867. The van der Waals surface area contributed by atoms with E-state index in [4.69, 9.17) is 26.3 Å². The number of hydrogen-bond acceptors (Lipinski definition) is 7. The summed E-state index contributed by atoms with van der Waals surface area (Å²) in [5, 5.41) is 9.32. The Balaban J connectivity index is 1.59. The zero-order valence-electron chi connectivity index (χ0n) is 25.0. The maximum Gasteiger partial charge on any atom is 0.354 e. The second-order valence-corrected chi connectivity index (χ2v) is 12.1. The highest BCUT2D eigenvalue weighted by Gasteiger charge is 2.37. The molecule has 44 heavy (non-hydrogen) atoms. The second kappa shape index (κ2) is 10.5. The molecule has 5 aromatic rings. The zero-order chi connectivity index (χ0) is 30.9. The maximum absolute atomic E-state index is 14.3. The predicted molar refractivity (Wildman–Crippen MR) is 172 cm³/mol. The molecule has 10 nitrogen and oxygen atoms in total. The van der Waals surface area contributed by atoms with Gasteiger partial charge in [0.2, 0.25) is 5.91 Å². The van der Waals surface area contributed by atoms with E-state index in [0.29, 0.717) is 52.8 Å². The van der Waals surface area contributed by atoms with Gasteiger partial charge in [-0.2, -0.15) is 10.1 Å². The highest BCUT2D eigenvalue weighted by atomic mass is 35.5. The van der Waals surface area contributed by atoms with Gasteiger partial charge in [-0.25, -0.2) is 4.79 Å². The Morgan fingerprint density at radius 1 is 1.20 bits per heavy atom. The summed E-state index contributed by atoms with van der Waals surface area (Å²) in [6.07, 6.45) is 4.88. The number of anilines is 1. The standard InChI is InChI=1S/C33H32ClN7O3/c1-6-25(42)39-11-12-40-20(15-39)16-44-31-27-24(13-21(28(31)34)26-18(4)7-8-23-22(26)14-36-38-23)41(33(43)37-32(27)40)30-19(5)9-10-35-29(30)17(2)3/h6-10,13-14,17,20H,1,11-12,15-16H2,2-5H3,(H,36,38)/t20-/m1/s1. The van der Waals surface area contributed by atoms with Crippen molar-refractivity contribution in [1.82, 2.24) is 29.6 Å². The van der Waals surface area contributed by atoms with Gasteiger partial charge in [0.15, 0.2) is 5.75 Å². The highest BCUT2D eigenvalue weighted by Crippen LogP contribution is 2.48. The fourth-order valence-corrected chi connectivity index (χ4v) is 6.91. The van der Waals surface area contributed by atoms with Crippen molar-refractivity contribution in [1.29, 1.82) is 0 Å². The van der Waals surface area contributed by atoms with Crippen LogP contribution in [0.15, 0.2) is 54.1 Å². The topological polar surface area (TPSA) is 109 Å². The number of nitrogens with zero attached hydrogens (tertiary/aromatic N) is 6. The Labute approximate surface area is 258 Å². The number of pyridine rings is 1. The van der Waals surface area contributed by atoms with Gasteiger partial charge >= 0.3 is 5.69 Å². The van der Waals surface area contributed by atoms with Crippen molar-refractivity contribution in [2.75, 3.05) is 31.1 Å². The van der Waals surface area contributed by atoms with E-state index in [0.717, 1.165) is 38.9 Å². The lowest BCUT2D eigenvalue weighted by molar-refractivity contribution is -0.126. The number of ether oxygens (including phenoxy) is 1. The third-order valence-electron chi connectivity index (χ3n) is 8.75. The largest absolute Gasteiger partial charge is 0.489 e. The minimum atomic E-state index is -0.423. The van der Waals surface area contributed by atoms with Crippen LogP contribution >= 0.6 is 11.6 Å². The molecule has 0 radical (unpaired) electrons. The minimum absolute atomic E-state index is 0.0477. The van der Waals surface area contributed by atoms with Crippen LogP contribution in [0.3, 0.4) is 0 Å².